The third-order valence-corrected chi connectivity index (χ3v) is 2.37. The van der Waals surface area contributed by atoms with Crippen molar-refractivity contribution in [2.75, 3.05) is 24.6 Å². The molecule has 0 spiro atoms. The fourth-order valence-electron chi connectivity index (χ4n) is 1.70. The Morgan fingerprint density at radius 3 is 2.75 bits per heavy atom. The predicted molar refractivity (Wildman–Crippen MR) is 64.0 cm³/mol. The number of aromatic nitrogens is 1. The van der Waals surface area contributed by atoms with Crippen LogP contribution in [0.2, 0.25) is 0 Å². The van der Waals surface area contributed by atoms with Crippen molar-refractivity contribution < 1.29 is 9.90 Å². The largest absolute Gasteiger partial charge is 0.395 e. The molecule has 0 saturated carbocycles. The number of carbonyl (C=O) groups is 1. The third-order valence-electron chi connectivity index (χ3n) is 2.37. The van der Waals surface area contributed by atoms with Gasteiger partial charge in [-0.1, -0.05) is 6.92 Å². The SMILES string of the molecule is CCCN(CCO)c1ncc(C=O)cc1C. The zero-order chi connectivity index (χ0) is 12.0. The highest BCUT2D eigenvalue weighted by molar-refractivity contribution is 5.75. The van der Waals surface area contributed by atoms with Crippen molar-refractivity contribution in [3.05, 3.63) is 23.4 Å². The van der Waals surface area contributed by atoms with Crippen LogP contribution >= 0.6 is 0 Å². The van der Waals surface area contributed by atoms with Gasteiger partial charge in [0.15, 0.2) is 6.29 Å². The summed E-state index contributed by atoms with van der Waals surface area (Å²) in [7, 11) is 0. The summed E-state index contributed by atoms with van der Waals surface area (Å²) in [6, 6.07) is 1.81. The van der Waals surface area contributed by atoms with Gasteiger partial charge in [0.05, 0.1) is 6.61 Å². The molecule has 1 heterocycles. The second-order valence-electron chi connectivity index (χ2n) is 3.74. The molecule has 0 aliphatic heterocycles. The van der Waals surface area contributed by atoms with Crippen molar-refractivity contribution in [3.8, 4) is 0 Å². The van der Waals surface area contributed by atoms with E-state index >= 15 is 0 Å². The smallest absolute Gasteiger partial charge is 0.151 e. The topological polar surface area (TPSA) is 53.4 Å². The number of aldehydes is 1. The molecule has 0 atom stereocenters. The van der Waals surface area contributed by atoms with Crippen molar-refractivity contribution in [3.63, 3.8) is 0 Å². The lowest BCUT2D eigenvalue weighted by Gasteiger charge is -2.23. The van der Waals surface area contributed by atoms with Crippen LogP contribution in [0.5, 0.6) is 0 Å². The maximum absolute atomic E-state index is 10.6. The first-order valence-corrected chi connectivity index (χ1v) is 5.50. The average Bonchev–Trinajstić information content (AvgIpc) is 2.29. The zero-order valence-electron chi connectivity index (χ0n) is 9.81. The minimum absolute atomic E-state index is 0.108. The van der Waals surface area contributed by atoms with Gasteiger partial charge < -0.3 is 10.0 Å². The molecule has 4 nitrogen and oxygen atoms in total. The van der Waals surface area contributed by atoms with E-state index in [9.17, 15) is 4.79 Å². The van der Waals surface area contributed by atoms with Gasteiger partial charge >= 0.3 is 0 Å². The van der Waals surface area contributed by atoms with Gasteiger partial charge in [0.25, 0.3) is 0 Å². The number of aryl methyl sites for hydroxylation is 1. The van der Waals surface area contributed by atoms with Crippen LogP contribution in [0.4, 0.5) is 5.82 Å². The van der Waals surface area contributed by atoms with Crippen LogP contribution in [-0.4, -0.2) is 36.1 Å². The average molecular weight is 222 g/mol. The normalized spacial score (nSPS) is 10.2. The van der Waals surface area contributed by atoms with Crippen LogP contribution in [0.1, 0.15) is 29.3 Å². The highest BCUT2D eigenvalue weighted by atomic mass is 16.3. The summed E-state index contributed by atoms with van der Waals surface area (Å²) in [4.78, 5) is 16.9. The molecule has 1 N–H and O–H groups in total. The molecule has 4 heteroatoms. The van der Waals surface area contributed by atoms with Crippen LogP contribution in [0, 0.1) is 6.92 Å². The van der Waals surface area contributed by atoms with E-state index in [1.165, 1.54) is 0 Å². The number of nitrogens with zero attached hydrogens (tertiary/aromatic N) is 2. The van der Waals surface area contributed by atoms with Gasteiger partial charge in [0, 0.05) is 24.8 Å². The van der Waals surface area contributed by atoms with Crippen LogP contribution < -0.4 is 4.90 Å². The minimum atomic E-state index is 0.108. The highest BCUT2D eigenvalue weighted by Gasteiger charge is 2.09. The number of anilines is 1. The zero-order valence-corrected chi connectivity index (χ0v) is 9.81. The summed E-state index contributed by atoms with van der Waals surface area (Å²) in [5, 5.41) is 8.99. The Balaban J connectivity index is 2.94. The quantitative estimate of drug-likeness (QED) is 0.739. The highest BCUT2D eigenvalue weighted by Crippen LogP contribution is 2.17. The number of pyridine rings is 1. The van der Waals surface area contributed by atoms with E-state index < -0.39 is 0 Å². The molecule has 0 fully saturated rings. The molecule has 0 unspecified atom stereocenters. The summed E-state index contributed by atoms with van der Waals surface area (Å²) < 4.78 is 0. The van der Waals surface area contributed by atoms with Gasteiger partial charge in [0.1, 0.15) is 5.82 Å². The van der Waals surface area contributed by atoms with E-state index in [0.29, 0.717) is 12.1 Å². The molecule has 1 rings (SSSR count). The minimum Gasteiger partial charge on any atom is -0.395 e. The first-order valence-electron chi connectivity index (χ1n) is 5.50. The maximum Gasteiger partial charge on any atom is 0.151 e. The molecule has 0 radical (unpaired) electrons. The Morgan fingerprint density at radius 2 is 2.25 bits per heavy atom. The first-order chi connectivity index (χ1) is 7.72. The molecule has 0 aliphatic carbocycles. The van der Waals surface area contributed by atoms with Crippen LogP contribution in [0.15, 0.2) is 12.3 Å². The van der Waals surface area contributed by atoms with Crippen molar-refractivity contribution in [2.45, 2.75) is 20.3 Å². The Hall–Kier alpha value is -1.42. The van der Waals surface area contributed by atoms with E-state index in [1.54, 1.807) is 6.20 Å². The molecule has 0 bridgehead atoms. The van der Waals surface area contributed by atoms with Gasteiger partial charge in [-0.05, 0) is 25.0 Å². The fourth-order valence-corrected chi connectivity index (χ4v) is 1.70. The predicted octanol–water partition coefficient (Wildman–Crippen LogP) is 1.41. The maximum atomic E-state index is 10.6. The second kappa shape index (κ2) is 6.23. The van der Waals surface area contributed by atoms with E-state index in [1.807, 2.05) is 17.9 Å². The second-order valence-corrected chi connectivity index (χ2v) is 3.74. The Bertz CT molecular complexity index is 347. The monoisotopic (exact) mass is 222 g/mol. The third kappa shape index (κ3) is 3.03. The van der Waals surface area contributed by atoms with Crippen molar-refractivity contribution in [1.29, 1.82) is 0 Å². The Labute approximate surface area is 95.9 Å². The Morgan fingerprint density at radius 1 is 1.50 bits per heavy atom. The summed E-state index contributed by atoms with van der Waals surface area (Å²) in [5.74, 6) is 0.849. The van der Waals surface area contributed by atoms with E-state index in [4.69, 9.17) is 5.11 Å². The number of hydrogen-bond acceptors (Lipinski definition) is 4. The van der Waals surface area contributed by atoms with Gasteiger partial charge in [-0.3, -0.25) is 4.79 Å². The summed E-state index contributed by atoms with van der Waals surface area (Å²) in [5.41, 5.74) is 1.55. The number of hydrogen-bond donors (Lipinski definition) is 1. The van der Waals surface area contributed by atoms with E-state index in [-0.39, 0.29) is 6.61 Å². The number of carbonyl (C=O) groups excluding carboxylic acids is 1. The Kier molecular flexibility index (Phi) is 4.92. The first kappa shape index (κ1) is 12.6. The molecule has 1 aromatic rings. The van der Waals surface area contributed by atoms with Crippen LogP contribution in [-0.2, 0) is 0 Å². The van der Waals surface area contributed by atoms with E-state index in [2.05, 4.69) is 11.9 Å². The molecule has 0 saturated heterocycles. The van der Waals surface area contributed by atoms with Gasteiger partial charge in [0.2, 0.25) is 0 Å². The molecular weight excluding hydrogens is 204 g/mol. The van der Waals surface area contributed by atoms with Crippen molar-refractivity contribution in [2.24, 2.45) is 0 Å². The fraction of sp³-hybridized carbons (Fsp3) is 0.500. The van der Waals surface area contributed by atoms with Gasteiger partial charge in [-0.15, -0.1) is 0 Å². The van der Waals surface area contributed by atoms with Gasteiger partial charge in [-0.25, -0.2) is 4.98 Å². The van der Waals surface area contributed by atoms with Crippen molar-refractivity contribution in [1.82, 2.24) is 4.98 Å². The molecule has 0 amide bonds. The number of aliphatic hydroxyl groups excluding tert-OH is 1. The molecule has 88 valence electrons. The molecular formula is C12H18N2O2. The van der Waals surface area contributed by atoms with E-state index in [0.717, 1.165) is 30.6 Å². The van der Waals surface area contributed by atoms with Gasteiger partial charge in [-0.2, -0.15) is 0 Å². The lowest BCUT2D eigenvalue weighted by molar-refractivity contribution is 0.112. The van der Waals surface area contributed by atoms with Crippen LogP contribution in [0.3, 0.4) is 0 Å². The molecule has 16 heavy (non-hydrogen) atoms. The lowest BCUT2D eigenvalue weighted by atomic mass is 10.2. The van der Waals surface area contributed by atoms with Crippen LogP contribution in [0.25, 0.3) is 0 Å². The molecule has 1 aromatic heterocycles. The summed E-state index contributed by atoms with van der Waals surface area (Å²) in [6.45, 7) is 5.54. The lowest BCUT2D eigenvalue weighted by Crippen LogP contribution is -2.29. The van der Waals surface area contributed by atoms with Crippen molar-refractivity contribution >= 4 is 12.1 Å². The number of rotatable bonds is 6. The standard InChI is InChI=1S/C12H18N2O2/c1-3-4-14(5-6-15)12-10(2)7-11(9-16)8-13-12/h7-9,15H,3-6H2,1-2H3. The summed E-state index contributed by atoms with van der Waals surface area (Å²) in [6.07, 6.45) is 3.35. The molecule has 0 aliphatic rings. The summed E-state index contributed by atoms with van der Waals surface area (Å²) >= 11 is 0. The number of aliphatic hydroxyl groups is 1. The molecule has 0 aromatic carbocycles.